The lowest BCUT2D eigenvalue weighted by Gasteiger charge is -2.34. The highest BCUT2D eigenvalue weighted by Gasteiger charge is 2.23. The van der Waals surface area contributed by atoms with Gasteiger partial charge in [0.25, 0.3) is 0 Å². The third-order valence-corrected chi connectivity index (χ3v) is 4.78. The Morgan fingerprint density at radius 3 is 2.17 bits per heavy atom. The molecule has 0 bridgehead atoms. The molecule has 1 aliphatic carbocycles. The number of hydrogen-bond donors (Lipinski definition) is 2. The molecule has 1 aromatic rings. The first-order chi connectivity index (χ1) is 11.0. The Bertz CT molecular complexity index is 413. The molecule has 2 N–H and O–H groups in total. The highest BCUT2D eigenvalue weighted by molar-refractivity contribution is 5.14. The van der Waals surface area contributed by atoms with E-state index in [1.165, 1.54) is 63.5 Å². The van der Waals surface area contributed by atoms with Gasteiger partial charge in [0, 0.05) is 17.6 Å². The highest BCUT2D eigenvalue weighted by atomic mass is 15.0. The largest absolute Gasteiger partial charge is 0.314 e. The summed E-state index contributed by atoms with van der Waals surface area (Å²) in [5, 5.41) is 7.53. The maximum Gasteiger partial charge on any atom is 0.00990 e. The second-order valence-electron chi connectivity index (χ2n) is 8.19. The number of aryl methyl sites for hydroxylation is 1. The third kappa shape index (κ3) is 7.99. The van der Waals surface area contributed by atoms with Crippen LogP contribution in [0.3, 0.4) is 0 Å². The number of nitrogens with one attached hydrogen (secondary N) is 2. The number of hydrogen-bond acceptors (Lipinski definition) is 2. The van der Waals surface area contributed by atoms with Crippen molar-refractivity contribution in [2.45, 2.75) is 89.8 Å². The highest BCUT2D eigenvalue weighted by Crippen LogP contribution is 2.20. The Morgan fingerprint density at radius 1 is 0.870 bits per heavy atom. The first-order valence-electron chi connectivity index (χ1n) is 9.58. The summed E-state index contributed by atoms with van der Waals surface area (Å²) < 4.78 is 0. The van der Waals surface area contributed by atoms with Gasteiger partial charge in [-0.2, -0.15) is 0 Å². The Balaban J connectivity index is 1.48. The quantitative estimate of drug-likeness (QED) is 0.680. The Kier molecular flexibility index (Phi) is 7.58. The topological polar surface area (TPSA) is 24.1 Å². The van der Waals surface area contributed by atoms with E-state index >= 15 is 0 Å². The second-order valence-corrected chi connectivity index (χ2v) is 8.19. The van der Waals surface area contributed by atoms with Gasteiger partial charge in [0.1, 0.15) is 0 Å². The smallest absolute Gasteiger partial charge is 0.00990 e. The maximum absolute atomic E-state index is 3.78. The summed E-state index contributed by atoms with van der Waals surface area (Å²) in [4.78, 5) is 0. The van der Waals surface area contributed by atoms with Crippen LogP contribution in [0.4, 0.5) is 0 Å². The molecule has 23 heavy (non-hydrogen) atoms. The minimum atomic E-state index is 0.254. The van der Waals surface area contributed by atoms with E-state index in [1.807, 2.05) is 0 Å². The van der Waals surface area contributed by atoms with E-state index in [0.29, 0.717) is 0 Å². The van der Waals surface area contributed by atoms with Crippen molar-refractivity contribution in [1.29, 1.82) is 0 Å². The van der Waals surface area contributed by atoms with Gasteiger partial charge >= 0.3 is 0 Å². The van der Waals surface area contributed by atoms with Crippen molar-refractivity contribution in [3.63, 3.8) is 0 Å². The number of rotatable bonds is 8. The normalized spacial score (nSPS) is 22.2. The first-order valence-corrected chi connectivity index (χ1v) is 9.58. The summed E-state index contributed by atoms with van der Waals surface area (Å²) in [6, 6.07) is 12.3. The summed E-state index contributed by atoms with van der Waals surface area (Å²) >= 11 is 0. The van der Waals surface area contributed by atoms with Crippen LogP contribution in [0.2, 0.25) is 0 Å². The molecule has 1 fully saturated rings. The Morgan fingerprint density at radius 2 is 1.52 bits per heavy atom. The fourth-order valence-corrected chi connectivity index (χ4v) is 3.64. The van der Waals surface area contributed by atoms with Crippen LogP contribution in [0, 0.1) is 0 Å². The van der Waals surface area contributed by atoms with Crippen LogP contribution in [0.5, 0.6) is 0 Å². The standard InChI is InChI=1S/C21H36N2/c1-21(2,3)23-20-15-13-19(14-16-20)22-17-9-5-8-12-18-10-6-4-7-11-18/h4,6-7,10-11,19-20,22-23H,5,8-9,12-17H2,1-3H3. The zero-order chi connectivity index (χ0) is 16.5. The third-order valence-electron chi connectivity index (χ3n) is 4.78. The summed E-state index contributed by atoms with van der Waals surface area (Å²) in [5.41, 5.74) is 1.73. The van der Waals surface area contributed by atoms with Crippen molar-refractivity contribution in [2.75, 3.05) is 6.54 Å². The van der Waals surface area contributed by atoms with Gasteiger partial charge in [-0.3, -0.25) is 0 Å². The second kappa shape index (κ2) is 9.44. The molecule has 0 aliphatic heterocycles. The van der Waals surface area contributed by atoms with Gasteiger partial charge in [-0.05, 0) is 77.8 Å². The SMILES string of the molecule is CC(C)(C)NC1CCC(NCCCCCc2ccccc2)CC1. The number of benzene rings is 1. The molecule has 1 aromatic carbocycles. The molecular weight excluding hydrogens is 280 g/mol. The van der Waals surface area contributed by atoms with Gasteiger partial charge < -0.3 is 10.6 Å². The zero-order valence-electron chi connectivity index (χ0n) is 15.4. The molecule has 1 saturated carbocycles. The monoisotopic (exact) mass is 316 g/mol. The van der Waals surface area contributed by atoms with E-state index in [2.05, 4.69) is 61.7 Å². The van der Waals surface area contributed by atoms with E-state index in [-0.39, 0.29) is 5.54 Å². The molecule has 0 atom stereocenters. The van der Waals surface area contributed by atoms with Gasteiger partial charge in [0.15, 0.2) is 0 Å². The molecule has 1 aliphatic rings. The minimum absolute atomic E-state index is 0.254. The summed E-state index contributed by atoms with van der Waals surface area (Å²) in [5.74, 6) is 0. The lowest BCUT2D eigenvalue weighted by Crippen LogP contribution is -2.47. The van der Waals surface area contributed by atoms with Crippen molar-refractivity contribution >= 4 is 0 Å². The zero-order valence-corrected chi connectivity index (χ0v) is 15.4. The van der Waals surface area contributed by atoms with Gasteiger partial charge in [0.2, 0.25) is 0 Å². The maximum atomic E-state index is 3.78. The van der Waals surface area contributed by atoms with Gasteiger partial charge in [-0.1, -0.05) is 36.8 Å². The fourth-order valence-electron chi connectivity index (χ4n) is 3.64. The van der Waals surface area contributed by atoms with E-state index in [4.69, 9.17) is 0 Å². The number of unbranched alkanes of at least 4 members (excludes halogenated alkanes) is 2. The molecule has 0 unspecified atom stereocenters. The molecule has 2 nitrogen and oxygen atoms in total. The van der Waals surface area contributed by atoms with E-state index in [9.17, 15) is 0 Å². The molecule has 0 amide bonds. The van der Waals surface area contributed by atoms with Crippen molar-refractivity contribution < 1.29 is 0 Å². The van der Waals surface area contributed by atoms with Gasteiger partial charge in [-0.25, -0.2) is 0 Å². The predicted octanol–water partition coefficient (Wildman–Crippen LogP) is 4.69. The molecule has 2 rings (SSSR count). The molecule has 0 spiro atoms. The van der Waals surface area contributed by atoms with Crippen LogP contribution >= 0.6 is 0 Å². The lowest BCUT2D eigenvalue weighted by molar-refractivity contribution is 0.261. The molecule has 0 heterocycles. The van der Waals surface area contributed by atoms with E-state index in [1.54, 1.807) is 0 Å². The Labute approximate surface area is 143 Å². The average Bonchev–Trinajstić information content (AvgIpc) is 2.52. The average molecular weight is 317 g/mol. The Hall–Kier alpha value is -0.860. The van der Waals surface area contributed by atoms with Crippen molar-refractivity contribution in [3.05, 3.63) is 35.9 Å². The lowest BCUT2D eigenvalue weighted by atomic mass is 9.89. The van der Waals surface area contributed by atoms with E-state index in [0.717, 1.165) is 12.1 Å². The van der Waals surface area contributed by atoms with Crippen LogP contribution in [-0.4, -0.2) is 24.2 Å². The van der Waals surface area contributed by atoms with Crippen LogP contribution in [0.15, 0.2) is 30.3 Å². The molecule has 2 heteroatoms. The van der Waals surface area contributed by atoms with Crippen LogP contribution < -0.4 is 10.6 Å². The first kappa shape index (κ1) is 18.5. The van der Waals surface area contributed by atoms with Crippen molar-refractivity contribution in [2.24, 2.45) is 0 Å². The molecule has 130 valence electrons. The summed E-state index contributed by atoms with van der Waals surface area (Å²) in [6.45, 7) is 8.00. The minimum Gasteiger partial charge on any atom is -0.314 e. The van der Waals surface area contributed by atoms with Gasteiger partial charge in [0.05, 0.1) is 0 Å². The van der Waals surface area contributed by atoms with Crippen molar-refractivity contribution in [3.8, 4) is 0 Å². The van der Waals surface area contributed by atoms with Crippen LogP contribution in [0.25, 0.3) is 0 Å². The molecule has 0 radical (unpaired) electrons. The van der Waals surface area contributed by atoms with Crippen LogP contribution in [0.1, 0.15) is 71.3 Å². The summed E-state index contributed by atoms with van der Waals surface area (Å²) in [6.07, 6.45) is 10.5. The summed E-state index contributed by atoms with van der Waals surface area (Å²) in [7, 11) is 0. The van der Waals surface area contributed by atoms with E-state index < -0.39 is 0 Å². The molecule has 0 aromatic heterocycles. The van der Waals surface area contributed by atoms with Gasteiger partial charge in [-0.15, -0.1) is 0 Å². The molecular formula is C21H36N2. The predicted molar refractivity (Wildman–Crippen MR) is 101 cm³/mol. The van der Waals surface area contributed by atoms with Crippen LogP contribution in [-0.2, 0) is 6.42 Å². The van der Waals surface area contributed by atoms with Crippen molar-refractivity contribution in [1.82, 2.24) is 10.6 Å². The molecule has 0 saturated heterocycles. The fraction of sp³-hybridized carbons (Fsp3) is 0.714.